The summed E-state index contributed by atoms with van der Waals surface area (Å²) in [5.74, 6) is -0.0978. The van der Waals surface area contributed by atoms with E-state index in [1.54, 1.807) is 49.6 Å². The summed E-state index contributed by atoms with van der Waals surface area (Å²) in [5.41, 5.74) is 2.56. The SMILES string of the molecule is COc1ccc(N2C(=O)C(=O)/C(=C(/O)c3ccc4c(c3)OCCO4)C2c2cn(C)c3ccccc23)cc1. The van der Waals surface area contributed by atoms with Gasteiger partial charge in [-0.2, -0.15) is 0 Å². The molecule has 4 aromatic rings. The van der Waals surface area contributed by atoms with E-state index in [-0.39, 0.29) is 11.3 Å². The molecule has 0 spiro atoms. The second kappa shape index (κ2) is 8.74. The van der Waals surface area contributed by atoms with E-state index >= 15 is 0 Å². The number of carbonyl (C=O) groups is 2. The molecule has 37 heavy (non-hydrogen) atoms. The number of methoxy groups -OCH3 is 1. The van der Waals surface area contributed by atoms with Gasteiger partial charge >= 0.3 is 0 Å². The van der Waals surface area contributed by atoms with Crippen molar-refractivity contribution in [1.29, 1.82) is 0 Å². The maximum atomic E-state index is 13.5. The number of carbonyl (C=O) groups excluding carboxylic acids is 2. The molecule has 1 saturated heterocycles. The maximum Gasteiger partial charge on any atom is 0.300 e. The van der Waals surface area contributed by atoms with Gasteiger partial charge in [0.25, 0.3) is 11.7 Å². The molecule has 0 saturated carbocycles. The van der Waals surface area contributed by atoms with Crippen molar-refractivity contribution in [3.8, 4) is 17.2 Å². The first-order valence-corrected chi connectivity index (χ1v) is 11.9. The molecule has 1 N–H and O–H groups in total. The predicted molar refractivity (Wildman–Crippen MR) is 138 cm³/mol. The van der Waals surface area contributed by atoms with Crippen molar-refractivity contribution in [2.24, 2.45) is 7.05 Å². The number of Topliss-reactive ketones (excluding diaryl/α,β-unsaturated/α-hetero) is 1. The molecule has 1 aromatic heterocycles. The number of para-hydroxylation sites is 1. The van der Waals surface area contributed by atoms with Crippen molar-refractivity contribution < 1.29 is 28.9 Å². The number of ketones is 1. The zero-order valence-corrected chi connectivity index (χ0v) is 20.3. The van der Waals surface area contributed by atoms with Crippen LogP contribution in [-0.2, 0) is 16.6 Å². The van der Waals surface area contributed by atoms with E-state index in [1.807, 2.05) is 42.1 Å². The van der Waals surface area contributed by atoms with Gasteiger partial charge in [-0.15, -0.1) is 0 Å². The summed E-state index contributed by atoms with van der Waals surface area (Å²) in [6.07, 6.45) is 1.90. The Hall–Kier alpha value is -4.72. The number of anilines is 1. The highest BCUT2D eigenvalue weighted by molar-refractivity contribution is 6.51. The van der Waals surface area contributed by atoms with Crippen LogP contribution in [0.2, 0.25) is 0 Å². The number of benzene rings is 3. The number of fused-ring (bicyclic) bond motifs is 2. The van der Waals surface area contributed by atoms with Gasteiger partial charge in [-0.05, 0) is 48.5 Å². The van der Waals surface area contributed by atoms with Crippen LogP contribution in [0.5, 0.6) is 17.2 Å². The normalized spacial score (nSPS) is 18.4. The Bertz CT molecular complexity index is 1580. The monoisotopic (exact) mass is 496 g/mol. The summed E-state index contributed by atoms with van der Waals surface area (Å²) in [6.45, 7) is 0.821. The number of aryl methyl sites for hydroxylation is 1. The maximum absolute atomic E-state index is 13.5. The third-order valence-electron chi connectivity index (χ3n) is 6.83. The van der Waals surface area contributed by atoms with Crippen LogP contribution in [0.1, 0.15) is 17.2 Å². The van der Waals surface area contributed by atoms with Crippen molar-refractivity contribution in [2.45, 2.75) is 6.04 Å². The molecule has 1 fully saturated rings. The van der Waals surface area contributed by atoms with Gasteiger partial charge in [0.15, 0.2) is 11.5 Å². The largest absolute Gasteiger partial charge is 0.507 e. The molecule has 0 bridgehead atoms. The first-order valence-electron chi connectivity index (χ1n) is 11.9. The lowest BCUT2D eigenvalue weighted by Gasteiger charge is -2.25. The van der Waals surface area contributed by atoms with Gasteiger partial charge in [0.1, 0.15) is 24.7 Å². The molecule has 8 nitrogen and oxygen atoms in total. The minimum atomic E-state index is -0.854. The van der Waals surface area contributed by atoms with E-state index in [2.05, 4.69) is 0 Å². The lowest BCUT2D eigenvalue weighted by molar-refractivity contribution is -0.132. The minimum Gasteiger partial charge on any atom is -0.507 e. The Morgan fingerprint density at radius 3 is 2.46 bits per heavy atom. The molecule has 2 aliphatic heterocycles. The van der Waals surface area contributed by atoms with Gasteiger partial charge in [0, 0.05) is 41.0 Å². The summed E-state index contributed by atoms with van der Waals surface area (Å²) >= 11 is 0. The van der Waals surface area contributed by atoms with Crippen LogP contribution in [-0.4, -0.2) is 41.7 Å². The molecule has 0 aliphatic carbocycles. The summed E-state index contributed by atoms with van der Waals surface area (Å²) in [5, 5.41) is 12.4. The van der Waals surface area contributed by atoms with Crippen LogP contribution in [0.15, 0.2) is 78.5 Å². The van der Waals surface area contributed by atoms with Gasteiger partial charge in [0.2, 0.25) is 0 Å². The first kappa shape index (κ1) is 22.7. The number of rotatable bonds is 4. The fraction of sp³-hybridized carbons (Fsp3) is 0.172. The zero-order valence-electron chi connectivity index (χ0n) is 20.3. The average Bonchev–Trinajstić information content (AvgIpc) is 3.41. The Morgan fingerprint density at radius 2 is 1.70 bits per heavy atom. The van der Waals surface area contributed by atoms with E-state index in [0.717, 1.165) is 16.5 Å². The van der Waals surface area contributed by atoms with Gasteiger partial charge in [-0.1, -0.05) is 18.2 Å². The number of amides is 1. The number of aliphatic hydroxyl groups excluding tert-OH is 1. The Labute approximate surface area is 212 Å². The van der Waals surface area contributed by atoms with Crippen LogP contribution < -0.4 is 19.1 Å². The second-order valence-electron chi connectivity index (χ2n) is 8.94. The van der Waals surface area contributed by atoms with E-state index in [0.29, 0.717) is 41.7 Å². The topological polar surface area (TPSA) is 90.2 Å². The Morgan fingerprint density at radius 1 is 0.973 bits per heavy atom. The fourth-order valence-corrected chi connectivity index (χ4v) is 5.07. The quantitative estimate of drug-likeness (QED) is 0.253. The molecule has 3 aromatic carbocycles. The number of aromatic nitrogens is 1. The molecular formula is C29H24N2O6. The van der Waals surface area contributed by atoms with E-state index in [4.69, 9.17) is 14.2 Å². The Balaban J connectivity index is 1.58. The molecule has 1 atom stereocenters. The van der Waals surface area contributed by atoms with Crippen molar-refractivity contribution in [2.75, 3.05) is 25.2 Å². The van der Waals surface area contributed by atoms with Crippen LogP contribution in [0.3, 0.4) is 0 Å². The van der Waals surface area contributed by atoms with Gasteiger partial charge in [0.05, 0.1) is 18.7 Å². The van der Waals surface area contributed by atoms with Gasteiger partial charge in [-0.25, -0.2) is 0 Å². The fourth-order valence-electron chi connectivity index (χ4n) is 5.07. The van der Waals surface area contributed by atoms with Crippen LogP contribution in [0.25, 0.3) is 16.7 Å². The highest BCUT2D eigenvalue weighted by Gasteiger charge is 2.48. The number of nitrogens with zero attached hydrogens (tertiary/aromatic N) is 2. The smallest absolute Gasteiger partial charge is 0.300 e. The first-order chi connectivity index (χ1) is 18.0. The number of hydrogen-bond donors (Lipinski definition) is 1. The molecule has 1 amide bonds. The average molecular weight is 497 g/mol. The van der Waals surface area contributed by atoms with Crippen LogP contribution >= 0.6 is 0 Å². The highest BCUT2D eigenvalue weighted by atomic mass is 16.6. The molecule has 6 rings (SSSR count). The van der Waals surface area contributed by atoms with Crippen LogP contribution in [0, 0.1) is 0 Å². The number of ether oxygens (including phenoxy) is 3. The molecule has 3 heterocycles. The molecule has 8 heteroatoms. The van der Waals surface area contributed by atoms with E-state index in [9.17, 15) is 14.7 Å². The summed E-state index contributed by atoms with van der Waals surface area (Å²) in [4.78, 5) is 28.5. The van der Waals surface area contributed by atoms with Crippen molar-refractivity contribution >= 4 is 34.0 Å². The third kappa shape index (κ3) is 3.60. The molecule has 2 aliphatic rings. The van der Waals surface area contributed by atoms with Crippen molar-refractivity contribution in [3.63, 3.8) is 0 Å². The molecular weight excluding hydrogens is 472 g/mol. The Kier molecular flexibility index (Phi) is 5.37. The van der Waals surface area contributed by atoms with Crippen LogP contribution in [0.4, 0.5) is 5.69 Å². The predicted octanol–water partition coefficient (Wildman–Crippen LogP) is 4.58. The summed E-state index contributed by atoms with van der Waals surface area (Å²) in [6, 6.07) is 18.8. The van der Waals surface area contributed by atoms with E-state index in [1.165, 1.54) is 4.90 Å². The van der Waals surface area contributed by atoms with Gasteiger partial charge < -0.3 is 23.9 Å². The van der Waals surface area contributed by atoms with E-state index < -0.39 is 17.7 Å². The zero-order chi connectivity index (χ0) is 25.7. The summed E-state index contributed by atoms with van der Waals surface area (Å²) < 4.78 is 18.5. The number of aliphatic hydroxyl groups is 1. The molecule has 0 radical (unpaired) electrons. The minimum absolute atomic E-state index is 0.00819. The molecule has 186 valence electrons. The third-order valence-corrected chi connectivity index (χ3v) is 6.83. The number of hydrogen-bond acceptors (Lipinski definition) is 6. The standard InChI is InChI=1S/C29H24N2O6/c1-30-16-21(20-5-3-4-6-22(20)30)26-25(27(32)17-7-12-23-24(15-17)37-14-13-36-23)28(33)29(34)31(26)18-8-10-19(35-2)11-9-18/h3-12,15-16,26,32H,13-14H2,1-2H3/b27-25+. The van der Waals surface area contributed by atoms with Crippen molar-refractivity contribution in [1.82, 2.24) is 4.57 Å². The van der Waals surface area contributed by atoms with Crippen molar-refractivity contribution in [3.05, 3.63) is 89.6 Å². The lowest BCUT2D eigenvalue weighted by Crippen LogP contribution is -2.29. The van der Waals surface area contributed by atoms with Gasteiger partial charge in [-0.3, -0.25) is 14.5 Å². The summed E-state index contributed by atoms with van der Waals surface area (Å²) in [7, 11) is 3.47. The molecule has 1 unspecified atom stereocenters. The highest BCUT2D eigenvalue weighted by Crippen LogP contribution is 2.45. The lowest BCUT2D eigenvalue weighted by atomic mass is 9.94. The second-order valence-corrected chi connectivity index (χ2v) is 8.94.